The van der Waals surface area contributed by atoms with Crippen LogP contribution in [0.25, 0.3) is 0 Å². The number of benzene rings is 1. The first-order valence-corrected chi connectivity index (χ1v) is 5.00. The molecule has 84 valence electrons. The highest BCUT2D eigenvalue weighted by atomic mass is 19.3. The molecule has 0 spiro atoms. The van der Waals surface area contributed by atoms with Crippen molar-refractivity contribution in [1.29, 1.82) is 0 Å². The van der Waals surface area contributed by atoms with Gasteiger partial charge in [0, 0.05) is 18.9 Å². The van der Waals surface area contributed by atoms with Gasteiger partial charge in [0.2, 0.25) is 5.92 Å². The first kappa shape index (κ1) is 12.1. The maximum Gasteiger partial charge on any atom is 0.249 e. The Morgan fingerprint density at radius 2 is 1.93 bits per heavy atom. The quantitative estimate of drug-likeness (QED) is 0.817. The van der Waals surface area contributed by atoms with E-state index in [1.807, 2.05) is 6.92 Å². The van der Waals surface area contributed by atoms with Gasteiger partial charge in [0.05, 0.1) is 0 Å². The molecule has 1 nitrogen and oxygen atoms in total. The smallest absolute Gasteiger partial charge is 0.249 e. The van der Waals surface area contributed by atoms with Gasteiger partial charge in [-0.2, -0.15) is 0 Å². The first-order valence-electron chi connectivity index (χ1n) is 5.00. The minimum Gasteiger partial charge on any atom is -0.396 e. The molecule has 0 aliphatic rings. The van der Waals surface area contributed by atoms with E-state index in [4.69, 9.17) is 5.11 Å². The second-order valence-electron chi connectivity index (χ2n) is 4.03. The Balaban J connectivity index is 2.96. The fourth-order valence-electron chi connectivity index (χ4n) is 1.61. The van der Waals surface area contributed by atoms with Gasteiger partial charge >= 0.3 is 0 Å². The molecule has 1 atom stereocenters. The molecule has 0 bridgehead atoms. The van der Waals surface area contributed by atoms with Crippen molar-refractivity contribution in [3.63, 3.8) is 0 Å². The summed E-state index contributed by atoms with van der Waals surface area (Å²) in [5.74, 6) is -2.80. The Morgan fingerprint density at radius 1 is 1.33 bits per heavy atom. The lowest BCUT2D eigenvalue weighted by atomic mass is 9.93. The molecule has 0 saturated carbocycles. The molecule has 1 rings (SSSR count). The number of alkyl halides is 2. The summed E-state index contributed by atoms with van der Waals surface area (Å²) < 4.78 is 25.8. The normalized spacial score (nSPS) is 13.9. The molecule has 0 fully saturated rings. The predicted molar refractivity (Wildman–Crippen MR) is 56.3 cm³/mol. The van der Waals surface area contributed by atoms with E-state index >= 15 is 0 Å². The van der Waals surface area contributed by atoms with Crippen molar-refractivity contribution in [1.82, 2.24) is 0 Å². The Kier molecular flexibility index (Phi) is 3.80. The highest BCUT2D eigenvalue weighted by molar-refractivity contribution is 5.31. The third kappa shape index (κ3) is 3.59. The minimum absolute atomic E-state index is 0.0215. The molecule has 0 radical (unpaired) electrons. The zero-order chi connectivity index (χ0) is 11.5. The van der Waals surface area contributed by atoms with E-state index < -0.39 is 5.92 Å². The standard InChI is InChI=1S/C12H16F2O/c1-9(8-15)11-6-4-3-5-10(11)7-12(2,13)14/h3-6,9,15H,7-8H2,1-2H3. The second-order valence-corrected chi connectivity index (χ2v) is 4.03. The fourth-order valence-corrected chi connectivity index (χ4v) is 1.61. The lowest BCUT2D eigenvalue weighted by Gasteiger charge is -2.17. The molecule has 1 aromatic rings. The van der Waals surface area contributed by atoms with Crippen LogP contribution in [0.1, 0.15) is 30.9 Å². The summed E-state index contributed by atoms with van der Waals surface area (Å²) in [7, 11) is 0. The van der Waals surface area contributed by atoms with Crippen LogP contribution in [0.15, 0.2) is 24.3 Å². The van der Waals surface area contributed by atoms with Crippen LogP contribution in [0.2, 0.25) is 0 Å². The third-order valence-corrected chi connectivity index (χ3v) is 2.36. The molecule has 0 aliphatic heterocycles. The topological polar surface area (TPSA) is 20.2 Å². The van der Waals surface area contributed by atoms with Crippen LogP contribution in [0.3, 0.4) is 0 Å². The van der Waals surface area contributed by atoms with Crippen molar-refractivity contribution in [2.75, 3.05) is 6.61 Å². The number of hydrogen-bond acceptors (Lipinski definition) is 1. The molecular formula is C12H16F2O. The van der Waals surface area contributed by atoms with Crippen LogP contribution >= 0.6 is 0 Å². The van der Waals surface area contributed by atoms with E-state index in [9.17, 15) is 8.78 Å². The largest absolute Gasteiger partial charge is 0.396 e. The van der Waals surface area contributed by atoms with Gasteiger partial charge < -0.3 is 5.11 Å². The molecule has 0 saturated heterocycles. The van der Waals surface area contributed by atoms with Crippen LogP contribution in [-0.2, 0) is 6.42 Å². The summed E-state index contributed by atoms with van der Waals surface area (Å²) in [6, 6.07) is 7.04. The van der Waals surface area contributed by atoms with Crippen LogP contribution < -0.4 is 0 Å². The summed E-state index contributed by atoms with van der Waals surface area (Å²) in [6.07, 6.45) is -0.270. The third-order valence-electron chi connectivity index (χ3n) is 2.36. The van der Waals surface area contributed by atoms with Crippen molar-refractivity contribution in [3.8, 4) is 0 Å². The number of aliphatic hydroxyl groups excluding tert-OH is 1. The summed E-state index contributed by atoms with van der Waals surface area (Å²) in [5.41, 5.74) is 1.42. The molecule has 3 heteroatoms. The van der Waals surface area contributed by atoms with Gasteiger partial charge in [-0.15, -0.1) is 0 Å². The Labute approximate surface area is 88.7 Å². The molecule has 0 heterocycles. The Hall–Kier alpha value is -0.960. The lowest BCUT2D eigenvalue weighted by Crippen LogP contribution is -2.16. The zero-order valence-electron chi connectivity index (χ0n) is 9.00. The van der Waals surface area contributed by atoms with Crippen LogP contribution in [0.5, 0.6) is 0 Å². The Bertz CT molecular complexity index is 318. The minimum atomic E-state index is -2.70. The van der Waals surface area contributed by atoms with Crippen LogP contribution in [-0.4, -0.2) is 17.6 Å². The van der Waals surface area contributed by atoms with Gasteiger partial charge in [-0.05, 0) is 18.1 Å². The summed E-state index contributed by atoms with van der Waals surface area (Å²) in [4.78, 5) is 0. The molecule has 1 unspecified atom stereocenters. The zero-order valence-corrected chi connectivity index (χ0v) is 9.00. The van der Waals surface area contributed by atoms with Crippen molar-refractivity contribution in [3.05, 3.63) is 35.4 Å². The van der Waals surface area contributed by atoms with E-state index in [0.717, 1.165) is 12.5 Å². The van der Waals surface area contributed by atoms with E-state index in [0.29, 0.717) is 5.56 Å². The van der Waals surface area contributed by atoms with Crippen molar-refractivity contribution >= 4 is 0 Å². The molecule has 0 amide bonds. The van der Waals surface area contributed by atoms with Gasteiger partial charge in [-0.3, -0.25) is 0 Å². The van der Waals surface area contributed by atoms with Gasteiger partial charge in [-0.1, -0.05) is 31.2 Å². The highest BCUT2D eigenvalue weighted by Gasteiger charge is 2.23. The van der Waals surface area contributed by atoms with Gasteiger partial charge in [0.25, 0.3) is 0 Å². The van der Waals surface area contributed by atoms with E-state index in [2.05, 4.69) is 0 Å². The number of rotatable bonds is 4. The number of aliphatic hydroxyl groups is 1. The SMILES string of the molecule is CC(CO)c1ccccc1CC(C)(F)F. The van der Waals surface area contributed by atoms with Crippen molar-refractivity contribution < 1.29 is 13.9 Å². The molecule has 0 aromatic heterocycles. The maximum atomic E-state index is 12.9. The van der Waals surface area contributed by atoms with Gasteiger partial charge in [0.1, 0.15) is 0 Å². The van der Waals surface area contributed by atoms with E-state index in [1.54, 1.807) is 24.3 Å². The monoisotopic (exact) mass is 214 g/mol. The average Bonchev–Trinajstić information content (AvgIpc) is 2.15. The first-order chi connectivity index (χ1) is 6.94. The molecule has 1 aromatic carbocycles. The molecule has 1 N–H and O–H groups in total. The van der Waals surface area contributed by atoms with Crippen LogP contribution in [0, 0.1) is 0 Å². The summed E-state index contributed by atoms with van der Waals surface area (Å²) >= 11 is 0. The Morgan fingerprint density at radius 3 is 2.47 bits per heavy atom. The highest BCUT2D eigenvalue weighted by Crippen LogP contribution is 2.25. The lowest BCUT2D eigenvalue weighted by molar-refractivity contribution is 0.0223. The molecule has 0 aliphatic carbocycles. The van der Waals surface area contributed by atoms with Gasteiger partial charge in [0.15, 0.2) is 0 Å². The fraction of sp³-hybridized carbons (Fsp3) is 0.500. The second kappa shape index (κ2) is 4.71. The summed E-state index contributed by atoms with van der Waals surface area (Å²) in [6.45, 7) is 2.71. The van der Waals surface area contributed by atoms with Gasteiger partial charge in [-0.25, -0.2) is 8.78 Å². The van der Waals surface area contributed by atoms with Crippen molar-refractivity contribution in [2.45, 2.75) is 32.1 Å². The molecular weight excluding hydrogens is 198 g/mol. The van der Waals surface area contributed by atoms with E-state index in [-0.39, 0.29) is 18.9 Å². The number of hydrogen-bond donors (Lipinski definition) is 1. The van der Waals surface area contributed by atoms with Crippen molar-refractivity contribution in [2.24, 2.45) is 0 Å². The summed E-state index contributed by atoms with van der Waals surface area (Å²) in [5, 5.41) is 9.02. The predicted octanol–water partition coefficient (Wildman–Crippen LogP) is 2.98. The van der Waals surface area contributed by atoms with Crippen LogP contribution in [0.4, 0.5) is 8.78 Å². The average molecular weight is 214 g/mol. The van der Waals surface area contributed by atoms with E-state index in [1.165, 1.54) is 0 Å². The number of halogens is 2. The molecule has 15 heavy (non-hydrogen) atoms. The maximum absolute atomic E-state index is 12.9.